The van der Waals surface area contributed by atoms with Crippen LogP contribution in [0.25, 0.3) is 0 Å². The SMILES string of the molecule is O=C(C1=C(C(F)(F)F)Nc2ncnn2C1c1cccc(Oc2ccccc2)c1)c1ccco1. The van der Waals surface area contributed by atoms with Gasteiger partial charge in [-0.15, -0.1) is 0 Å². The zero-order chi connectivity index (χ0) is 23.0. The van der Waals surface area contributed by atoms with Crippen molar-refractivity contribution in [1.29, 1.82) is 0 Å². The minimum atomic E-state index is -4.86. The number of furan rings is 1. The zero-order valence-electron chi connectivity index (χ0n) is 16.8. The fraction of sp³-hybridized carbons (Fsp3) is 0.0870. The van der Waals surface area contributed by atoms with Gasteiger partial charge in [-0.3, -0.25) is 4.79 Å². The molecule has 166 valence electrons. The number of nitrogens with zero attached hydrogens (tertiary/aromatic N) is 3. The summed E-state index contributed by atoms with van der Waals surface area (Å²) in [5.41, 5.74) is -1.43. The molecule has 0 amide bonds. The molecule has 0 aliphatic carbocycles. The van der Waals surface area contributed by atoms with E-state index in [1.165, 1.54) is 23.1 Å². The van der Waals surface area contributed by atoms with Gasteiger partial charge in [0.15, 0.2) is 5.76 Å². The normalized spacial score (nSPS) is 15.7. The van der Waals surface area contributed by atoms with E-state index in [4.69, 9.17) is 9.15 Å². The molecule has 33 heavy (non-hydrogen) atoms. The number of nitrogens with one attached hydrogen (secondary N) is 1. The van der Waals surface area contributed by atoms with E-state index in [0.717, 1.165) is 6.33 Å². The van der Waals surface area contributed by atoms with E-state index in [-0.39, 0.29) is 11.7 Å². The third-order valence-electron chi connectivity index (χ3n) is 5.02. The van der Waals surface area contributed by atoms with Crippen LogP contribution in [0.2, 0.25) is 0 Å². The number of halogens is 3. The molecule has 1 atom stereocenters. The number of rotatable bonds is 5. The summed E-state index contributed by atoms with van der Waals surface area (Å²) in [6, 6.07) is 16.9. The van der Waals surface area contributed by atoms with E-state index in [0.29, 0.717) is 17.1 Å². The van der Waals surface area contributed by atoms with Crippen LogP contribution in [0.5, 0.6) is 11.5 Å². The van der Waals surface area contributed by atoms with Crippen LogP contribution in [0.15, 0.2) is 95.0 Å². The Morgan fingerprint density at radius 3 is 2.55 bits per heavy atom. The summed E-state index contributed by atoms with van der Waals surface area (Å²) in [6.07, 6.45) is -2.51. The molecule has 1 unspecified atom stereocenters. The van der Waals surface area contributed by atoms with Gasteiger partial charge in [0.05, 0.1) is 11.8 Å². The summed E-state index contributed by atoms with van der Waals surface area (Å²) >= 11 is 0. The maximum absolute atomic E-state index is 14.1. The summed E-state index contributed by atoms with van der Waals surface area (Å²) in [7, 11) is 0. The molecule has 0 saturated carbocycles. The molecule has 0 bridgehead atoms. The number of carbonyl (C=O) groups is 1. The van der Waals surface area contributed by atoms with Crippen molar-refractivity contribution in [3.05, 3.63) is 102 Å². The number of ether oxygens (including phenoxy) is 1. The fourth-order valence-electron chi connectivity index (χ4n) is 3.65. The Labute approximate surface area is 185 Å². The van der Waals surface area contributed by atoms with Gasteiger partial charge in [0.1, 0.15) is 29.6 Å². The van der Waals surface area contributed by atoms with Gasteiger partial charge >= 0.3 is 6.18 Å². The first-order valence-electron chi connectivity index (χ1n) is 9.81. The van der Waals surface area contributed by atoms with Crippen LogP contribution >= 0.6 is 0 Å². The van der Waals surface area contributed by atoms with Crippen molar-refractivity contribution < 1.29 is 27.1 Å². The highest BCUT2D eigenvalue weighted by molar-refractivity contribution is 6.09. The van der Waals surface area contributed by atoms with Crippen molar-refractivity contribution in [2.75, 3.05) is 5.32 Å². The molecule has 4 aromatic rings. The van der Waals surface area contributed by atoms with Gasteiger partial charge in [0.2, 0.25) is 11.7 Å². The molecule has 10 heteroatoms. The van der Waals surface area contributed by atoms with Crippen molar-refractivity contribution in [2.24, 2.45) is 0 Å². The number of hydrogen-bond acceptors (Lipinski definition) is 6. The van der Waals surface area contributed by atoms with Crippen LogP contribution in [-0.2, 0) is 0 Å². The monoisotopic (exact) mass is 452 g/mol. The highest BCUT2D eigenvalue weighted by Crippen LogP contribution is 2.42. The lowest BCUT2D eigenvalue weighted by Gasteiger charge is -2.30. The number of benzene rings is 2. The summed E-state index contributed by atoms with van der Waals surface area (Å²) < 4.78 is 54.4. The second-order valence-electron chi connectivity index (χ2n) is 7.14. The number of hydrogen-bond donors (Lipinski definition) is 1. The predicted molar refractivity (Wildman–Crippen MR) is 111 cm³/mol. The van der Waals surface area contributed by atoms with Crippen LogP contribution in [-0.4, -0.2) is 26.7 Å². The molecule has 2 aromatic heterocycles. The fourth-order valence-corrected chi connectivity index (χ4v) is 3.65. The minimum absolute atomic E-state index is 0.141. The van der Waals surface area contributed by atoms with Crippen LogP contribution in [0.4, 0.5) is 19.1 Å². The molecule has 0 fully saturated rings. The van der Waals surface area contributed by atoms with E-state index in [1.807, 2.05) is 6.07 Å². The average Bonchev–Trinajstić information content (AvgIpc) is 3.50. The van der Waals surface area contributed by atoms with Crippen molar-refractivity contribution in [2.45, 2.75) is 12.2 Å². The van der Waals surface area contributed by atoms with E-state index in [1.54, 1.807) is 48.5 Å². The molecular formula is C23H15F3N4O3. The second kappa shape index (κ2) is 7.97. The minimum Gasteiger partial charge on any atom is -0.461 e. The van der Waals surface area contributed by atoms with Gasteiger partial charge < -0.3 is 14.5 Å². The molecule has 0 saturated heterocycles. The Morgan fingerprint density at radius 1 is 1.03 bits per heavy atom. The molecule has 7 nitrogen and oxygen atoms in total. The summed E-state index contributed by atoms with van der Waals surface area (Å²) in [4.78, 5) is 17.1. The number of carbonyl (C=O) groups excluding carboxylic acids is 1. The highest BCUT2D eigenvalue weighted by atomic mass is 19.4. The standard InChI is InChI=1S/C23H15F3N4O3/c24-23(25,26)21-18(20(31)17-10-5-11-32-17)19(30-22(29-21)27-13-28-30)14-6-4-9-16(12-14)33-15-7-2-1-3-8-15/h1-13,19H,(H,27,28,29). The maximum Gasteiger partial charge on any atom is 0.431 e. The first-order valence-corrected chi connectivity index (χ1v) is 9.81. The van der Waals surface area contributed by atoms with Crippen molar-refractivity contribution >= 4 is 11.7 Å². The third kappa shape index (κ3) is 3.86. The largest absolute Gasteiger partial charge is 0.461 e. The van der Waals surface area contributed by atoms with Crippen LogP contribution < -0.4 is 10.1 Å². The number of fused-ring (bicyclic) bond motifs is 1. The van der Waals surface area contributed by atoms with E-state index >= 15 is 0 Å². The molecule has 1 aliphatic rings. The number of ketones is 1. The number of para-hydroxylation sites is 1. The Morgan fingerprint density at radius 2 is 1.82 bits per heavy atom. The Kier molecular flexibility index (Phi) is 4.97. The lowest BCUT2D eigenvalue weighted by Crippen LogP contribution is -2.35. The number of Topliss-reactive ketones (excluding diaryl/α,β-unsaturated/α-hetero) is 1. The quantitative estimate of drug-likeness (QED) is 0.410. The maximum atomic E-state index is 14.1. The number of aromatic nitrogens is 3. The van der Waals surface area contributed by atoms with Gasteiger partial charge in [0, 0.05) is 0 Å². The molecule has 0 spiro atoms. The van der Waals surface area contributed by atoms with E-state index in [9.17, 15) is 18.0 Å². The van der Waals surface area contributed by atoms with Crippen molar-refractivity contribution in [3.8, 4) is 11.5 Å². The molecule has 5 rings (SSSR count). The number of anilines is 1. The highest BCUT2D eigenvalue weighted by Gasteiger charge is 2.46. The molecule has 3 heterocycles. The van der Waals surface area contributed by atoms with Gasteiger partial charge in [-0.1, -0.05) is 30.3 Å². The summed E-state index contributed by atoms with van der Waals surface area (Å²) in [5.74, 6) is -0.339. The second-order valence-corrected chi connectivity index (χ2v) is 7.14. The average molecular weight is 452 g/mol. The summed E-state index contributed by atoms with van der Waals surface area (Å²) in [6.45, 7) is 0. The third-order valence-corrected chi connectivity index (χ3v) is 5.02. The Hall–Kier alpha value is -4.34. The zero-order valence-corrected chi connectivity index (χ0v) is 16.8. The first kappa shape index (κ1) is 20.6. The van der Waals surface area contributed by atoms with E-state index < -0.39 is 29.3 Å². The smallest absolute Gasteiger partial charge is 0.431 e. The van der Waals surface area contributed by atoms with E-state index in [2.05, 4.69) is 15.4 Å². The lowest BCUT2D eigenvalue weighted by atomic mass is 9.91. The lowest BCUT2D eigenvalue weighted by molar-refractivity contribution is -0.0918. The number of alkyl halides is 3. The van der Waals surface area contributed by atoms with Gasteiger partial charge in [-0.25, -0.2) is 4.68 Å². The van der Waals surface area contributed by atoms with Gasteiger partial charge in [0.25, 0.3) is 0 Å². The Bertz CT molecular complexity index is 1330. The molecule has 0 radical (unpaired) electrons. The molecular weight excluding hydrogens is 437 g/mol. The summed E-state index contributed by atoms with van der Waals surface area (Å²) in [5, 5.41) is 6.29. The van der Waals surface area contributed by atoms with Crippen LogP contribution in [0.1, 0.15) is 22.2 Å². The van der Waals surface area contributed by atoms with Gasteiger partial charge in [-0.2, -0.15) is 23.3 Å². The molecule has 1 N–H and O–H groups in total. The molecule has 2 aromatic carbocycles. The van der Waals surface area contributed by atoms with Crippen molar-refractivity contribution in [3.63, 3.8) is 0 Å². The van der Waals surface area contributed by atoms with Crippen LogP contribution in [0, 0.1) is 0 Å². The molecule has 1 aliphatic heterocycles. The number of allylic oxidation sites excluding steroid dienone is 2. The topological polar surface area (TPSA) is 82.2 Å². The predicted octanol–water partition coefficient (Wildman–Crippen LogP) is 5.38. The van der Waals surface area contributed by atoms with Crippen LogP contribution in [0.3, 0.4) is 0 Å². The van der Waals surface area contributed by atoms with Crippen molar-refractivity contribution in [1.82, 2.24) is 14.8 Å². The first-order chi connectivity index (χ1) is 15.9. The van der Waals surface area contributed by atoms with Gasteiger partial charge in [-0.05, 0) is 42.0 Å². The Balaban J connectivity index is 1.66.